The minimum atomic E-state index is -0.206. The summed E-state index contributed by atoms with van der Waals surface area (Å²) in [6.45, 7) is 5.84. The molecule has 0 heterocycles. The first-order chi connectivity index (χ1) is 13.1. The maximum absolute atomic E-state index is 13.1. The lowest BCUT2D eigenvalue weighted by molar-refractivity contribution is 0.0980. The van der Waals surface area contributed by atoms with E-state index in [1.54, 1.807) is 24.3 Å². The lowest BCUT2D eigenvalue weighted by Crippen LogP contribution is -2.24. The van der Waals surface area contributed by atoms with Gasteiger partial charge in [-0.1, -0.05) is 56.3 Å². The zero-order chi connectivity index (χ0) is 19.6. The zero-order valence-electron chi connectivity index (χ0n) is 15.7. The van der Waals surface area contributed by atoms with Gasteiger partial charge >= 0.3 is 0 Å². The molecule has 1 aliphatic carbocycles. The van der Waals surface area contributed by atoms with Crippen LogP contribution in [0.1, 0.15) is 51.3 Å². The van der Waals surface area contributed by atoms with Crippen molar-refractivity contribution >= 4 is 28.6 Å². The van der Waals surface area contributed by atoms with Crippen LogP contribution in [-0.4, -0.2) is 11.6 Å². The third-order valence-corrected chi connectivity index (χ3v) is 4.50. The molecule has 0 bridgehead atoms. The number of hydrogen-bond acceptors (Lipinski definition) is 4. The number of hydrogen-bond donors (Lipinski definition) is 2. The van der Waals surface area contributed by atoms with Crippen molar-refractivity contribution in [2.45, 2.75) is 20.8 Å². The van der Waals surface area contributed by atoms with Gasteiger partial charge in [-0.05, 0) is 30.7 Å². The smallest absolute Gasteiger partial charge is 0.196 e. The van der Waals surface area contributed by atoms with E-state index in [2.05, 4.69) is 5.32 Å². The maximum Gasteiger partial charge on any atom is 0.196 e. The van der Waals surface area contributed by atoms with Crippen molar-refractivity contribution in [3.05, 3.63) is 88.5 Å². The van der Waals surface area contributed by atoms with Crippen molar-refractivity contribution in [2.75, 3.05) is 11.1 Å². The van der Waals surface area contributed by atoms with E-state index in [1.165, 1.54) is 0 Å². The topological polar surface area (TPSA) is 72.2 Å². The number of aryl methyl sites for hydroxylation is 1. The Bertz CT molecular complexity index is 1020. The van der Waals surface area contributed by atoms with Crippen molar-refractivity contribution in [2.24, 2.45) is 0 Å². The number of carbonyl (C=O) groups excluding carboxylic acids is 2. The molecule has 4 nitrogen and oxygen atoms in total. The second-order valence-electron chi connectivity index (χ2n) is 6.10. The second kappa shape index (κ2) is 7.46. The van der Waals surface area contributed by atoms with E-state index < -0.39 is 0 Å². The number of nitrogens with one attached hydrogen (secondary N) is 1. The number of nitrogen functional groups attached to an aromatic ring is 1. The molecule has 0 fully saturated rings. The minimum Gasteiger partial charge on any atom is -0.398 e. The van der Waals surface area contributed by atoms with Gasteiger partial charge in [0.2, 0.25) is 0 Å². The Hall–Kier alpha value is -3.40. The van der Waals surface area contributed by atoms with Crippen LogP contribution >= 0.6 is 0 Å². The van der Waals surface area contributed by atoms with Crippen LogP contribution in [0, 0.1) is 6.92 Å². The summed E-state index contributed by atoms with van der Waals surface area (Å²) in [5.74, 6) is -0.391. The van der Waals surface area contributed by atoms with Gasteiger partial charge in [0.1, 0.15) is 0 Å². The minimum absolute atomic E-state index is 0.185. The van der Waals surface area contributed by atoms with Gasteiger partial charge in [0, 0.05) is 22.5 Å². The van der Waals surface area contributed by atoms with Crippen molar-refractivity contribution in [1.29, 1.82) is 0 Å². The SMILES string of the molecule is CC.Cc1cc(Nc2ccccc2)c2c(c1N)C(=O)c1ccccc1C2=O. The van der Waals surface area contributed by atoms with Crippen LogP contribution in [0.25, 0.3) is 0 Å². The third-order valence-electron chi connectivity index (χ3n) is 4.50. The van der Waals surface area contributed by atoms with Gasteiger partial charge in [-0.2, -0.15) is 0 Å². The fourth-order valence-electron chi connectivity index (χ4n) is 3.23. The van der Waals surface area contributed by atoms with Crippen LogP contribution in [0.2, 0.25) is 0 Å². The Morgan fingerprint density at radius 1 is 0.778 bits per heavy atom. The van der Waals surface area contributed by atoms with Gasteiger partial charge in [-0.25, -0.2) is 0 Å². The fraction of sp³-hybridized carbons (Fsp3) is 0.130. The third kappa shape index (κ3) is 3.10. The van der Waals surface area contributed by atoms with E-state index in [9.17, 15) is 9.59 Å². The highest BCUT2D eigenvalue weighted by Gasteiger charge is 2.34. The van der Waals surface area contributed by atoms with Crippen molar-refractivity contribution in [1.82, 2.24) is 0 Å². The Kier molecular flexibility index (Phi) is 5.08. The van der Waals surface area contributed by atoms with Crippen molar-refractivity contribution in [3.63, 3.8) is 0 Å². The van der Waals surface area contributed by atoms with Crippen LogP contribution in [0.3, 0.4) is 0 Å². The number of rotatable bonds is 2. The summed E-state index contributed by atoms with van der Waals surface area (Å²) in [5.41, 5.74) is 10.2. The number of para-hydroxylation sites is 1. The zero-order valence-corrected chi connectivity index (χ0v) is 15.7. The molecule has 0 saturated heterocycles. The lowest BCUT2D eigenvalue weighted by Gasteiger charge is -2.23. The first kappa shape index (κ1) is 18.4. The molecule has 3 aromatic carbocycles. The molecular formula is C23H22N2O2. The molecule has 3 N–H and O–H groups in total. The number of fused-ring (bicyclic) bond motifs is 2. The second-order valence-corrected chi connectivity index (χ2v) is 6.10. The highest BCUT2D eigenvalue weighted by Crippen LogP contribution is 2.38. The first-order valence-corrected chi connectivity index (χ1v) is 9.01. The van der Waals surface area contributed by atoms with Gasteiger partial charge < -0.3 is 11.1 Å². The molecule has 0 unspecified atom stereocenters. The predicted molar refractivity (Wildman–Crippen MR) is 110 cm³/mol. The van der Waals surface area contributed by atoms with Crippen LogP contribution < -0.4 is 11.1 Å². The molecule has 3 aromatic rings. The van der Waals surface area contributed by atoms with Crippen LogP contribution in [-0.2, 0) is 0 Å². The van der Waals surface area contributed by atoms with Crippen LogP contribution in [0.15, 0.2) is 60.7 Å². The van der Waals surface area contributed by atoms with E-state index in [0.717, 1.165) is 11.3 Å². The summed E-state index contributed by atoms with van der Waals surface area (Å²) in [6, 6.07) is 18.2. The number of nitrogens with two attached hydrogens (primary N) is 1. The highest BCUT2D eigenvalue weighted by molar-refractivity contribution is 6.32. The van der Waals surface area contributed by atoms with E-state index in [1.807, 2.05) is 57.2 Å². The molecule has 0 aromatic heterocycles. The molecule has 0 aliphatic heterocycles. The summed E-state index contributed by atoms with van der Waals surface area (Å²) in [6.07, 6.45) is 0. The van der Waals surface area contributed by atoms with Crippen molar-refractivity contribution in [3.8, 4) is 0 Å². The molecule has 136 valence electrons. The average Bonchev–Trinajstić information content (AvgIpc) is 2.71. The molecule has 0 atom stereocenters. The van der Waals surface area contributed by atoms with E-state index in [-0.39, 0.29) is 11.6 Å². The normalized spacial score (nSPS) is 11.8. The molecular weight excluding hydrogens is 336 g/mol. The van der Waals surface area contributed by atoms with Crippen LogP contribution in [0.5, 0.6) is 0 Å². The molecule has 0 spiro atoms. The maximum atomic E-state index is 13.1. The molecule has 0 radical (unpaired) electrons. The first-order valence-electron chi connectivity index (χ1n) is 9.01. The van der Waals surface area contributed by atoms with Gasteiger partial charge in [-0.15, -0.1) is 0 Å². The van der Waals surface area contributed by atoms with E-state index >= 15 is 0 Å². The quantitative estimate of drug-likeness (QED) is 0.488. The molecule has 0 saturated carbocycles. The van der Waals surface area contributed by atoms with Gasteiger partial charge in [-0.3, -0.25) is 9.59 Å². The lowest BCUT2D eigenvalue weighted by atomic mass is 9.81. The van der Waals surface area contributed by atoms with E-state index in [4.69, 9.17) is 5.73 Å². The summed E-state index contributed by atoms with van der Waals surface area (Å²) >= 11 is 0. The van der Waals surface area contributed by atoms with Crippen LogP contribution in [0.4, 0.5) is 17.1 Å². The van der Waals surface area contributed by atoms with E-state index in [0.29, 0.717) is 33.6 Å². The Balaban J connectivity index is 0.00000102. The average molecular weight is 358 g/mol. The Morgan fingerprint density at radius 3 is 1.89 bits per heavy atom. The molecule has 27 heavy (non-hydrogen) atoms. The predicted octanol–water partition coefficient (Wildman–Crippen LogP) is 5.12. The number of benzene rings is 3. The number of carbonyl (C=O) groups is 2. The summed E-state index contributed by atoms with van der Waals surface area (Å²) < 4.78 is 0. The molecule has 4 rings (SSSR count). The highest BCUT2D eigenvalue weighted by atomic mass is 16.1. The van der Waals surface area contributed by atoms with Gasteiger partial charge in [0.05, 0.1) is 16.8 Å². The monoisotopic (exact) mass is 358 g/mol. The van der Waals surface area contributed by atoms with Gasteiger partial charge in [0.25, 0.3) is 0 Å². The summed E-state index contributed by atoms with van der Waals surface area (Å²) in [4.78, 5) is 26.1. The Labute approximate surface area is 159 Å². The fourth-order valence-corrected chi connectivity index (χ4v) is 3.23. The van der Waals surface area contributed by atoms with Gasteiger partial charge in [0.15, 0.2) is 11.6 Å². The number of ketones is 2. The summed E-state index contributed by atoms with van der Waals surface area (Å²) in [5, 5.41) is 3.25. The number of anilines is 3. The molecule has 4 heteroatoms. The Morgan fingerprint density at radius 2 is 1.30 bits per heavy atom. The molecule has 0 amide bonds. The standard InChI is InChI=1S/C21H16N2O2.C2H6/c1-12-11-16(23-13-7-3-2-4-8-13)17-18(19(12)22)21(25)15-10-6-5-9-14(15)20(17)24;1-2/h2-11,23H,22H2,1H3;1-2H3. The summed E-state index contributed by atoms with van der Waals surface area (Å²) in [7, 11) is 0. The largest absolute Gasteiger partial charge is 0.398 e. The molecule has 1 aliphatic rings. The van der Waals surface area contributed by atoms with Crippen molar-refractivity contribution < 1.29 is 9.59 Å².